The summed E-state index contributed by atoms with van der Waals surface area (Å²) in [6.45, 7) is 5.66. The van der Waals surface area contributed by atoms with E-state index in [-0.39, 0.29) is 0 Å². The van der Waals surface area contributed by atoms with Gasteiger partial charge in [-0.05, 0) is 57.6 Å². The summed E-state index contributed by atoms with van der Waals surface area (Å²) in [5.74, 6) is -0.700. The molecule has 1 heterocycles. The number of carboxylic acids is 1. The zero-order valence-electron chi connectivity index (χ0n) is 12.6. The summed E-state index contributed by atoms with van der Waals surface area (Å²) in [6.07, 6.45) is 5.27. The van der Waals surface area contributed by atoms with Gasteiger partial charge in [-0.25, -0.2) is 0 Å². The van der Waals surface area contributed by atoms with Crippen LogP contribution in [-0.2, 0) is 11.2 Å². The molecule has 1 aromatic carbocycles. The average molecular weight is 275 g/mol. The van der Waals surface area contributed by atoms with E-state index in [0.717, 1.165) is 32.4 Å². The molecule has 3 nitrogen and oxygen atoms in total. The third-order valence-corrected chi connectivity index (χ3v) is 4.27. The Kier molecular flexibility index (Phi) is 4.69. The summed E-state index contributed by atoms with van der Waals surface area (Å²) in [5, 5.41) is 9.17. The maximum atomic E-state index is 11.1. The van der Waals surface area contributed by atoms with Gasteiger partial charge in [-0.3, -0.25) is 4.79 Å². The molecule has 2 rings (SSSR count). The van der Waals surface area contributed by atoms with E-state index in [0.29, 0.717) is 0 Å². The first-order valence-corrected chi connectivity index (χ1v) is 7.57. The van der Waals surface area contributed by atoms with E-state index in [1.807, 2.05) is 13.8 Å². The highest BCUT2D eigenvalue weighted by molar-refractivity contribution is 5.73. The van der Waals surface area contributed by atoms with Crippen molar-refractivity contribution < 1.29 is 9.90 Å². The van der Waals surface area contributed by atoms with Gasteiger partial charge in [0, 0.05) is 18.8 Å². The third kappa shape index (κ3) is 3.53. The number of aliphatic carboxylic acids is 1. The molecule has 1 N–H and O–H groups in total. The average Bonchev–Trinajstić information content (AvgIpc) is 2.61. The summed E-state index contributed by atoms with van der Waals surface area (Å²) in [7, 11) is 0. The molecule has 0 atom stereocenters. The number of hydrogen-bond donors (Lipinski definition) is 1. The largest absolute Gasteiger partial charge is 0.481 e. The molecule has 0 saturated heterocycles. The fraction of sp³-hybridized carbons (Fsp3) is 0.588. The summed E-state index contributed by atoms with van der Waals surface area (Å²) >= 11 is 0. The lowest BCUT2D eigenvalue weighted by Crippen LogP contribution is -2.29. The molecule has 20 heavy (non-hydrogen) atoms. The molecule has 0 aromatic heterocycles. The van der Waals surface area contributed by atoms with Crippen LogP contribution in [0, 0.1) is 5.41 Å². The molecule has 1 aliphatic heterocycles. The topological polar surface area (TPSA) is 40.5 Å². The Labute approximate surface area is 121 Å². The van der Waals surface area contributed by atoms with Crippen LogP contribution in [0.2, 0.25) is 0 Å². The number of nitrogens with zero attached hydrogens (tertiary/aromatic N) is 1. The minimum Gasteiger partial charge on any atom is -0.481 e. The molecule has 1 aliphatic rings. The Morgan fingerprint density at radius 1 is 1.30 bits per heavy atom. The number of carbonyl (C=O) groups is 1. The first kappa shape index (κ1) is 14.9. The van der Waals surface area contributed by atoms with Crippen LogP contribution in [0.25, 0.3) is 0 Å². The molecule has 0 fully saturated rings. The lowest BCUT2D eigenvalue weighted by atomic mass is 9.88. The van der Waals surface area contributed by atoms with Crippen LogP contribution in [0.4, 0.5) is 5.69 Å². The zero-order valence-corrected chi connectivity index (χ0v) is 12.6. The predicted octanol–water partition coefficient (Wildman–Crippen LogP) is 3.72. The van der Waals surface area contributed by atoms with Crippen LogP contribution in [0.3, 0.4) is 0 Å². The molecule has 0 saturated carbocycles. The Balaban J connectivity index is 1.98. The first-order valence-electron chi connectivity index (χ1n) is 7.57. The van der Waals surface area contributed by atoms with Gasteiger partial charge in [0.25, 0.3) is 0 Å². The number of aryl methyl sites for hydroxylation is 1. The molecular weight excluding hydrogens is 250 g/mol. The molecule has 110 valence electrons. The van der Waals surface area contributed by atoms with Gasteiger partial charge < -0.3 is 10.0 Å². The van der Waals surface area contributed by atoms with E-state index in [1.165, 1.54) is 24.1 Å². The Morgan fingerprint density at radius 3 is 2.80 bits per heavy atom. The van der Waals surface area contributed by atoms with Crippen molar-refractivity contribution in [3.8, 4) is 0 Å². The van der Waals surface area contributed by atoms with Crippen molar-refractivity contribution in [2.24, 2.45) is 5.41 Å². The van der Waals surface area contributed by atoms with Gasteiger partial charge in [0.05, 0.1) is 5.41 Å². The lowest BCUT2D eigenvalue weighted by Gasteiger charge is -2.27. The van der Waals surface area contributed by atoms with Gasteiger partial charge in [0.15, 0.2) is 0 Å². The number of hydrogen-bond acceptors (Lipinski definition) is 2. The van der Waals surface area contributed by atoms with Crippen molar-refractivity contribution in [3.05, 3.63) is 29.8 Å². The molecule has 3 heteroatoms. The Morgan fingerprint density at radius 2 is 2.05 bits per heavy atom. The van der Waals surface area contributed by atoms with E-state index in [4.69, 9.17) is 5.11 Å². The second-order valence-corrected chi connectivity index (χ2v) is 6.37. The third-order valence-electron chi connectivity index (χ3n) is 4.27. The van der Waals surface area contributed by atoms with Crippen molar-refractivity contribution in [2.45, 2.75) is 46.0 Å². The summed E-state index contributed by atoms with van der Waals surface area (Å²) in [6, 6.07) is 8.62. The molecule has 0 radical (unpaired) electrons. The summed E-state index contributed by atoms with van der Waals surface area (Å²) < 4.78 is 0. The first-order chi connectivity index (χ1) is 9.50. The SMILES string of the molecule is CC(C)(CCCN1CCCCc2ccccc21)C(=O)O. The van der Waals surface area contributed by atoms with E-state index >= 15 is 0 Å². The fourth-order valence-corrected chi connectivity index (χ4v) is 2.82. The van der Waals surface area contributed by atoms with E-state index in [1.54, 1.807) is 0 Å². The van der Waals surface area contributed by atoms with Crippen LogP contribution in [-0.4, -0.2) is 24.2 Å². The number of para-hydroxylation sites is 1. The van der Waals surface area contributed by atoms with Crippen LogP contribution < -0.4 is 4.90 Å². The molecule has 0 unspecified atom stereocenters. The van der Waals surface area contributed by atoms with Crippen LogP contribution >= 0.6 is 0 Å². The van der Waals surface area contributed by atoms with Crippen LogP contribution in [0.15, 0.2) is 24.3 Å². The van der Waals surface area contributed by atoms with E-state index in [9.17, 15) is 4.79 Å². The number of rotatable bonds is 5. The van der Waals surface area contributed by atoms with Crippen LogP contribution in [0.5, 0.6) is 0 Å². The standard InChI is InChI=1S/C17H25NO2/c1-17(2,16(19)20)11-7-13-18-12-6-5-9-14-8-3-4-10-15(14)18/h3-4,8,10H,5-7,9,11-13H2,1-2H3,(H,19,20). The van der Waals surface area contributed by atoms with Crippen molar-refractivity contribution in [1.29, 1.82) is 0 Å². The second-order valence-electron chi connectivity index (χ2n) is 6.37. The number of fused-ring (bicyclic) bond motifs is 1. The lowest BCUT2D eigenvalue weighted by molar-refractivity contribution is -0.147. The molecule has 0 spiro atoms. The van der Waals surface area contributed by atoms with Gasteiger partial charge in [0.1, 0.15) is 0 Å². The van der Waals surface area contributed by atoms with E-state index < -0.39 is 11.4 Å². The Bertz CT molecular complexity index is 468. The van der Waals surface area contributed by atoms with Crippen molar-refractivity contribution >= 4 is 11.7 Å². The molecule has 0 bridgehead atoms. The van der Waals surface area contributed by atoms with Gasteiger partial charge in [-0.2, -0.15) is 0 Å². The predicted molar refractivity (Wildman–Crippen MR) is 82.2 cm³/mol. The Hall–Kier alpha value is -1.51. The number of benzene rings is 1. The van der Waals surface area contributed by atoms with E-state index in [2.05, 4.69) is 29.2 Å². The van der Waals surface area contributed by atoms with Gasteiger partial charge in [-0.15, -0.1) is 0 Å². The highest BCUT2D eigenvalue weighted by Crippen LogP contribution is 2.28. The van der Waals surface area contributed by atoms with Crippen molar-refractivity contribution in [1.82, 2.24) is 0 Å². The fourth-order valence-electron chi connectivity index (χ4n) is 2.82. The van der Waals surface area contributed by atoms with Gasteiger partial charge >= 0.3 is 5.97 Å². The zero-order chi connectivity index (χ0) is 14.6. The maximum absolute atomic E-state index is 11.1. The molecular formula is C17H25NO2. The van der Waals surface area contributed by atoms with Gasteiger partial charge in [0.2, 0.25) is 0 Å². The monoisotopic (exact) mass is 275 g/mol. The molecule has 0 aliphatic carbocycles. The molecule has 0 amide bonds. The van der Waals surface area contributed by atoms with Crippen molar-refractivity contribution in [2.75, 3.05) is 18.0 Å². The normalized spacial score (nSPS) is 15.6. The minimum atomic E-state index is -0.700. The van der Waals surface area contributed by atoms with Crippen molar-refractivity contribution in [3.63, 3.8) is 0 Å². The van der Waals surface area contributed by atoms with Crippen LogP contribution in [0.1, 0.15) is 45.1 Å². The highest BCUT2D eigenvalue weighted by Gasteiger charge is 2.26. The number of carboxylic acid groups (broad SMARTS) is 1. The second kappa shape index (κ2) is 6.29. The summed E-state index contributed by atoms with van der Waals surface area (Å²) in [5.41, 5.74) is 2.16. The molecule has 1 aromatic rings. The minimum absolute atomic E-state index is 0.620. The number of anilines is 1. The smallest absolute Gasteiger partial charge is 0.309 e. The van der Waals surface area contributed by atoms with Gasteiger partial charge in [-0.1, -0.05) is 18.2 Å². The maximum Gasteiger partial charge on any atom is 0.309 e. The summed E-state index contributed by atoms with van der Waals surface area (Å²) in [4.78, 5) is 13.6. The quantitative estimate of drug-likeness (QED) is 0.890. The highest BCUT2D eigenvalue weighted by atomic mass is 16.4.